The minimum atomic E-state index is -0.108. The smallest absolute Gasteiger partial charge is 0.252 e. The van der Waals surface area contributed by atoms with Gasteiger partial charge >= 0.3 is 0 Å². The van der Waals surface area contributed by atoms with Gasteiger partial charge in [0.15, 0.2) is 0 Å². The number of fused-ring (bicyclic) bond motifs is 1. The van der Waals surface area contributed by atoms with Gasteiger partial charge in [0, 0.05) is 58.1 Å². The topological polar surface area (TPSA) is 68.8 Å². The fourth-order valence-electron chi connectivity index (χ4n) is 4.62. The molecule has 2 fully saturated rings. The maximum atomic E-state index is 12.9. The van der Waals surface area contributed by atoms with Gasteiger partial charge < -0.3 is 10.2 Å². The van der Waals surface area contributed by atoms with Gasteiger partial charge in [0.05, 0.1) is 17.8 Å². The van der Waals surface area contributed by atoms with Crippen molar-refractivity contribution in [1.29, 1.82) is 0 Å². The first-order chi connectivity index (χ1) is 13.5. The van der Waals surface area contributed by atoms with Crippen LogP contribution in [0.3, 0.4) is 0 Å². The van der Waals surface area contributed by atoms with Crippen LogP contribution in [0.2, 0.25) is 0 Å². The first kappa shape index (κ1) is 19.3. The van der Waals surface area contributed by atoms with E-state index in [0.717, 1.165) is 49.9 Å². The molecule has 1 aromatic heterocycles. The van der Waals surface area contributed by atoms with Gasteiger partial charge in [0.25, 0.3) is 5.91 Å². The lowest BCUT2D eigenvalue weighted by Crippen LogP contribution is -2.59. The Morgan fingerprint density at radius 1 is 1.25 bits per heavy atom. The highest BCUT2D eigenvalue weighted by Gasteiger charge is 2.34. The molecule has 2 aliphatic heterocycles. The summed E-state index contributed by atoms with van der Waals surface area (Å²) in [5, 5.41) is 2.64. The van der Waals surface area contributed by atoms with Crippen molar-refractivity contribution in [2.45, 2.75) is 51.2 Å². The molecule has 1 saturated heterocycles. The quantitative estimate of drug-likeness (QED) is 0.834. The van der Waals surface area contributed by atoms with Crippen LogP contribution in [-0.4, -0.2) is 83.4 Å². The lowest BCUT2D eigenvalue weighted by atomic mass is 9.90. The summed E-state index contributed by atoms with van der Waals surface area (Å²) in [6.07, 6.45) is 6.45. The Hall–Kier alpha value is -1.99. The van der Waals surface area contributed by atoms with Crippen LogP contribution in [0.5, 0.6) is 0 Å². The van der Waals surface area contributed by atoms with Crippen LogP contribution in [0.15, 0.2) is 12.3 Å². The van der Waals surface area contributed by atoms with E-state index < -0.39 is 0 Å². The molecule has 0 bridgehead atoms. The lowest BCUT2D eigenvalue weighted by Gasteiger charge is -2.47. The number of pyridine rings is 1. The van der Waals surface area contributed by atoms with Gasteiger partial charge in [-0.1, -0.05) is 6.42 Å². The molecule has 1 aliphatic carbocycles. The van der Waals surface area contributed by atoms with Gasteiger partial charge in [-0.3, -0.25) is 24.4 Å². The summed E-state index contributed by atoms with van der Waals surface area (Å²) in [5.74, 6) is 0.119. The summed E-state index contributed by atoms with van der Waals surface area (Å²) in [7, 11) is 1.63. The molecule has 152 valence electrons. The summed E-state index contributed by atoms with van der Waals surface area (Å²) in [6.45, 7) is 6.90. The average molecular weight is 386 g/mol. The molecule has 0 radical (unpaired) electrons. The van der Waals surface area contributed by atoms with Crippen molar-refractivity contribution in [3.8, 4) is 0 Å². The molecule has 1 atom stereocenters. The molecule has 1 N–H and O–H groups in total. The Bertz CT molecular complexity index is 748. The van der Waals surface area contributed by atoms with E-state index in [2.05, 4.69) is 27.0 Å². The predicted molar refractivity (Wildman–Crippen MR) is 107 cm³/mol. The van der Waals surface area contributed by atoms with Crippen LogP contribution in [0, 0.1) is 0 Å². The van der Waals surface area contributed by atoms with Gasteiger partial charge in [-0.05, 0) is 37.8 Å². The molecule has 7 heteroatoms. The number of nitrogens with one attached hydrogen (secondary N) is 1. The van der Waals surface area contributed by atoms with Crippen molar-refractivity contribution >= 4 is 11.8 Å². The van der Waals surface area contributed by atoms with Crippen molar-refractivity contribution in [2.75, 3.05) is 39.8 Å². The minimum Gasteiger partial charge on any atom is -0.355 e. The van der Waals surface area contributed by atoms with E-state index in [-0.39, 0.29) is 11.8 Å². The highest BCUT2D eigenvalue weighted by atomic mass is 16.2. The number of aromatic nitrogens is 1. The summed E-state index contributed by atoms with van der Waals surface area (Å²) >= 11 is 0. The van der Waals surface area contributed by atoms with E-state index in [0.29, 0.717) is 24.7 Å². The third-order valence-corrected chi connectivity index (χ3v) is 6.55. The maximum Gasteiger partial charge on any atom is 0.252 e. The van der Waals surface area contributed by atoms with Crippen LogP contribution in [0.1, 0.15) is 47.8 Å². The Kier molecular flexibility index (Phi) is 5.64. The van der Waals surface area contributed by atoms with E-state index in [4.69, 9.17) is 0 Å². The molecule has 0 aromatic carbocycles. The number of carbonyl (C=O) groups excluding carboxylic acids is 2. The first-order valence-corrected chi connectivity index (χ1v) is 10.5. The van der Waals surface area contributed by atoms with Gasteiger partial charge in [-0.2, -0.15) is 0 Å². The normalized spacial score (nSPS) is 23.8. The van der Waals surface area contributed by atoms with Gasteiger partial charge in [-0.15, -0.1) is 0 Å². The molecule has 28 heavy (non-hydrogen) atoms. The van der Waals surface area contributed by atoms with Crippen molar-refractivity contribution in [3.63, 3.8) is 0 Å². The summed E-state index contributed by atoms with van der Waals surface area (Å²) in [5.41, 5.74) is 2.70. The number of hydrogen-bond donors (Lipinski definition) is 1. The Labute approximate surface area is 167 Å². The lowest BCUT2D eigenvalue weighted by molar-refractivity contribution is -0.136. The predicted octanol–water partition coefficient (Wildman–Crippen LogP) is 0.885. The van der Waals surface area contributed by atoms with Crippen molar-refractivity contribution in [2.24, 2.45) is 0 Å². The third-order valence-electron chi connectivity index (χ3n) is 6.55. The second kappa shape index (κ2) is 8.17. The van der Waals surface area contributed by atoms with E-state index in [1.165, 1.54) is 19.3 Å². The van der Waals surface area contributed by atoms with E-state index in [1.54, 1.807) is 13.2 Å². The number of nitrogens with zero attached hydrogens (tertiary/aromatic N) is 4. The molecule has 3 aliphatic rings. The third kappa shape index (κ3) is 3.91. The average Bonchev–Trinajstić information content (AvgIpc) is 2.67. The maximum absolute atomic E-state index is 12.9. The molecule has 3 heterocycles. The molecular formula is C21H31N5O2. The number of hydrogen-bond acceptors (Lipinski definition) is 5. The molecule has 2 amide bonds. The van der Waals surface area contributed by atoms with Gasteiger partial charge in [-0.25, -0.2) is 0 Å². The fraction of sp³-hybridized carbons (Fsp3) is 0.667. The molecular weight excluding hydrogens is 354 g/mol. The van der Waals surface area contributed by atoms with Crippen LogP contribution in [0.4, 0.5) is 0 Å². The van der Waals surface area contributed by atoms with Crippen molar-refractivity contribution in [1.82, 2.24) is 25.0 Å². The molecule has 7 nitrogen and oxygen atoms in total. The standard InChI is InChI=1S/C21H31N5O2/c1-15-12-25(8-9-26(15)18-4-3-5-18)20(27)14-24-7-6-16-10-17(21(28)22-2)11-23-19(16)13-24/h10-11,15,18H,3-9,12-14H2,1-2H3,(H,22,28). The van der Waals surface area contributed by atoms with Crippen molar-refractivity contribution in [3.05, 3.63) is 29.1 Å². The summed E-state index contributed by atoms with van der Waals surface area (Å²) < 4.78 is 0. The first-order valence-electron chi connectivity index (χ1n) is 10.5. The highest BCUT2D eigenvalue weighted by Crippen LogP contribution is 2.28. The van der Waals surface area contributed by atoms with Crippen molar-refractivity contribution < 1.29 is 9.59 Å². The zero-order valence-electron chi connectivity index (χ0n) is 17.0. The molecule has 4 rings (SSSR count). The second-order valence-electron chi connectivity index (χ2n) is 8.38. The SMILES string of the molecule is CNC(=O)c1cnc2c(c1)CCN(CC(=O)N1CCN(C3CCC3)C(C)C1)C2. The van der Waals surface area contributed by atoms with E-state index >= 15 is 0 Å². The monoisotopic (exact) mass is 385 g/mol. The number of amides is 2. The van der Waals surface area contributed by atoms with Gasteiger partial charge in [0.2, 0.25) is 5.91 Å². The molecule has 1 unspecified atom stereocenters. The fourth-order valence-corrected chi connectivity index (χ4v) is 4.62. The van der Waals surface area contributed by atoms with Crippen LogP contribution in [-0.2, 0) is 17.8 Å². The molecule has 0 spiro atoms. The molecule has 1 aromatic rings. The summed E-state index contributed by atoms with van der Waals surface area (Å²) in [4.78, 5) is 35.9. The van der Waals surface area contributed by atoms with Crippen LogP contribution in [0.25, 0.3) is 0 Å². The Morgan fingerprint density at radius 3 is 2.75 bits per heavy atom. The Balaban J connectivity index is 1.31. The van der Waals surface area contributed by atoms with Crippen LogP contribution < -0.4 is 5.32 Å². The number of carbonyl (C=O) groups is 2. The number of piperazine rings is 1. The molecule has 1 saturated carbocycles. The largest absolute Gasteiger partial charge is 0.355 e. The van der Waals surface area contributed by atoms with Gasteiger partial charge in [0.1, 0.15) is 0 Å². The second-order valence-corrected chi connectivity index (χ2v) is 8.38. The minimum absolute atomic E-state index is 0.108. The van der Waals surface area contributed by atoms with E-state index in [9.17, 15) is 9.59 Å². The van der Waals surface area contributed by atoms with Crippen LogP contribution >= 0.6 is 0 Å². The Morgan fingerprint density at radius 2 is 2.07 bits per heavy atom. The van der Waals surface area contributed by atoms with E-state index in [1.807, 2.05) is 11.0 Å². The summed E-state index contributed by atoms with van der Waals surface area (Å²) in [6, 6.07) is 3.13. The zero-order chi connectivity index (χ0) is 19.7. The zero-order valence-corrected chi connectivity index (χ0v) is 17.0. The highest BCUT2D eigenvalue weighted by molar-refractivity contribution is 5.93. The number of rotatable bonds is 4.